The molecule has 0 aromatic carbocycles. The van der Waals surface area contributed by atoms with Crippen molar-refractivity contribution in [2.45, 2.75) is 296 Å². The first-order chi connectivity index (χ1) is 56.1. The van der Waals surface area contributed by atoms with Gasteiger partial charge in [0.25, 0.3) is 0 Å². The van der Waals surface area contributed by atoms with Crippen LogP contribution in [-0.2, 0) is 110 Å². The van der Waals surface area contributed by atoms with Crippen molar-refractivity contribution in [3.63, 3.8) is 0 Å². The Morgan fingerprint density at radius 1 is 0.308 bits per heavy atom. The smallest absolute Gasteiger partial charge is 0.306 e. The fraction of sp³-hybridized carbons (Fsp3) is 0.821. The third-order valence-electron chi connectivity index (χ3n) is 19.3. The van der Waals surface area contributed by atoms with Gasteiger partial charge in [-0.05, 0) is 97.8 Å². The first kappa shape index (κ1) is 110. The van der Waals surface area contributed by atoms with Gasteiger partial charge in [-0.1, -0.05) is 116 Å². The van der Waals surface area contributed by atoms with Crippen molar-refractivity contribution in [3.8, 4) is 0 Å². The number of carbonyl (C=O) groups is 15. The lowest BCUT2D eigenvalue weighted by atomic mass is 9.83. The second-order valence-corrected chi connectivity index (χ2v) is 30.5. The Morgan fingerprint density at radius 3 is 1.11 bits per heavy atom. The van der Waals surface area contributed by atoms with Gasteiger partial charge in [0.05, 0.1) is 89.5 Å². The van der Waals surface area contributed by atoms with Crippen molar-refractivity contribution >= 4 is 88.1 Å². The first-order valence-electron chi connectivity index (χ1n) is 42.9. The summed E-state index contributed by atoms with van der Waals surface area (Å²) in [5.41, 5.74) is 4.79. The quantitative estimate of drug-likeness (QED) is 0.0254. The minimum atomic E-state index is -1.27. The zero-order chi connectivity index (χ0) is 86.8. The van der Waals surface area contributed by atoms with Gasteiger partial charge in [0, 0.05) is 119 Å². The van der Waals surface area contributed by atoms with E-state index in [4.69, 9.17) is 53.8 Å². The van der Waals surface area contributed by atoms with E-state index in [1.54, 1.807) is 0 Å². The maximum absolute atomic E-state index is 13.7. The Bertz CT molecular complexity index is 2800. The Hall–Kier alpha value is -7.11. The second-order valence-electron chi connectivity index (χ2n) is 30.5. The van der Waals surface area contributed by atoms with Crippen molar-refractivity contribution in [3.05, 3.63) is 0 Å². The number of hydrogen-bond donors (Lipinski definition) is 10. The van der Waals surface area contributed by atoms with Crippen LogP contribution in [0.5, 0.6) is 0 Å². The summed E-state index contributed by atoms with van der Waals surface area (Å²) in [5, 5.41) is 50.7. The van der Waals surface area contributed by atoms with Crippen LogP contribution in [0.25, 0.3) is 0 Å². The highest BCUT2D eigenvalue weighted by atomic mass is 16.5. The summed E-state index contributed by atoms with van der Waals surface area (Å²) < 4.78 is 43.4. The van der Waals surface area contributed by atoms with Crippen LogP contribution in [0.4, 0.5) is 0 Å². The lowest BCUT2D eigenvalue weighted by Gasteiger charge is -2.22. The summed E-state index contributed by atoms with van der Waals surface area (Å²) >= 11 is 0. The van der Waals surface area contributed by atoms with E-state index in [2.05, 4.69) is 26.6 Å². The fourth-order valence-corrected chi connectivity index (χ4v) is 12.3. The number of ketones is 6. The number of ether oxygens (including phenoxy) is 8. The molecule has 33 nitrogen and oxygen atoms in total. The van der Waals surface area contributed by atoms with Gasteiger partial charge >= 0.3 is 23.9 Å². The predicted molar refractivity (Wildman–Crippen MR) is 439 cm³/mol. The summed E-state index contributed by atoms with van der Waals surface area (Å²) in [7, 11) is 0. The summed E-state index contributed by atoms with van der Waals surface area (Å²) in [6.07, 6.45) is 24.4. The van der Waals surface area contributed by atoms with Crippen molar-refractivity contribution in [1.82, 2.24) is 26.6 Å². The number of amides is 5. The predicted octanol–water partition coefficient (Wildman–Crippen LogP) is 8.91. The Kier molecular flexibility index (Phi) is 70.6. The lowest BCUT2D eigenvalue weighted by molar-refractivity contribution is -0.145. The number of nitrogens with one attached hydrogen (secondary N) is 5. The maximum Gasteiger partial charge on any atom is 0.306 e. The zero-order valence-corrected chi connectivity index (χ0v) is 70.7. The van der Waals surface area contributed by atoms with Crippen LogP contribution in [0, 0.1) is 17.8 Å². The van der Waals surface area contributed by atoms with Gasteiger partial charge in [-0.2, -0.15) is 0 Å². The molecule has 0 unspecified atom stereocenters. The second kappa shape index (κ2) is 75.1. The SMILES string of the molecule is CC(=O)[C@H](CCC(=O)NCCCC[C@H](CC(=O)[C@H](CCCCNC(=O)CC[C@H](CC(=O)COCCOCCNC(=O)COCCOCCCC(=O)CCCCCCCCCCCCC(=O)O)C(=O)O)CC(=O)C(C)(C)N)C(=O)O)NC(=O)COCCOCCCC(=O)COCCOCCNC(=O)CCCCCCCCCCCCC(=O)O.[HH].[HH]. The topological polar surface area (TPSA) is 497 Å². The first-order valence-corrected chi connectivity index (χ1v) is 42.9. The number of aliphatic carboxylic acids is 4. The highest BCUT2D eigenvalue weighted by Crippen LogP contribution is 2.25. The van der Waals surface area contributed by atoms with Crippen molar-refractivity contribution in [2.24, 2.45) is 23.5 Å². The van der Waals surface area contributed by atoms with Crippen LogP contribution < -0.4 is 32.3 Å². The fourth-order valence-electron chi connectivity index (χ4n) is 12.3. The molecule has 0 aromatic rings. The normalized spacial score (nSPS) is 12.4. The molecule has 0 rings (SSSR count). The molecule has 4 atom stereocenters. The molecule has 5 amide bonds. The molecule has 0 aliphatic heterocycles. The van der Waals surface area contributed by atoms with Crippen molar-refractivity contribution in [2.75, 3.05) is 132 Å². The molecule has 0 saturated heterocycles. The molecule has 678 valence electrons. The molecule has 11 N–H and O–H groups in total. The molecular formula is C84H150N6O27. The Morgan fingerprint density at radius 2 is 0.658 bits per heavy atom. The molecular weight excluding hydrogens is 1520 g/mol. The van der Waals surface area contributed by atoms with Crippen molar-refractivity contribution < 1.29 is 133 Å². The van der Waals surface area contributed by atoms with E-state index in [0.29, 0.717) is 77.5 Å². The van der Waals surface area contributed by atoms with Crippen LogP contribution in [0.2, 0.25) is 0 Å². The van der Waals surface area contributed by atoms with Gasteiger partial charge in [-0.25, -0.2) is 0 Å². The number of carbonyl (C=O) groups excluding carboxylic acids is 11. The standard InChI is InChI=1S/C84H146N6O27.2H2/c1-65(91)72(90-79(101)64-117-57-51-111-47-29-34-70(93)61-114-54-52-112-48-44-88-75(97)35-21-17-13-9-5-7-11-15-19-23-37-81(104)105)39-41-77(99)87-43-27-25-31-67(82(106)107)59-73(95)66(60-74(96)84(2,3)85)30-24-26-42-86-76(98)40-38-68(83(108)109)58-71(94)62-115-55-53-113-49-45-89-78(100)63-116-56-50-110-46-28-33-69(92)32-20-16-12-8-4-6-10-14-18-22-36-80(102)103;;/h66-68,72H,4-64,85H2,1-3H3,(H,86,98)(H,87,99)(H,88,97)(H,89,100)(H,90,101)(H,102,103)(H,104,105)(H,106,107)(H,108,109);2*1H/t66-,67-,68-,72+;;/m1../s1. The molecule has 0 aliphatic rings. The zero-order valence-electron chi connectivity index (χ0n) is 70.7. The molecule has 0 spiro atoms. The Labute approximate surface area is 696 Å². The molecule has 0 saturated carbocycles. The lowest BCUT2D eigenvalue weighted by Crippen LogP contribution is -2.43. The largest absolute Gasteiger partial charge is 0.481 e. The molecule has 0 bridgehead atoms. The summed E-state index contributed by atoms with van der Waals surface area (Å²) in [5.74, 6) is -10.4. The Balaban J connectivity index is -0.0000673. The number of rotatable bonds is 88. The van der Waals surface area contributed by atoms with Crippen LogP contribution in [0.1, 0.15) is 287 Å². The highest BCUT2D eigenvalue weighted by molar-refractivity contribution is 5.94. The van der Waals surface area contributed by atoms with E-state index < -0.39 is 88.3 Å². The van der Waals surface area contributed by atoms with E-state index in [1.165, 1.54) is 27.2 Å². The molecule has 117 heavy (non-hydrogen) atoms. The third kappa shape index (κ3) is 72.6. The monoisotopic (exact) mass is 1680 g/mol. The molecule has 33 heteroatoms. The van der Waals surface area contributed by atoms with Gasteiger partial charge in [0.2, 0.25) is 29.5 Å². The van der Waals surface area contributed by atoms with E-state index in [9.17, 15) is 82.1 Å². The summed E-state index contributed by atoms with van der Waals surface area (Å²) in [6, 6.07) is -0.958. The van der Waals surface area contributed by atoms with Gasteiger partial charge < -0.3 is 90.6 Å². The van der Waals surface area contributed by atoms with E-state index in [-0.39, 0.29) is 221 Å². The van der Waals surface area contributed by atoms with E-state index >= 15 is 0 Å². The summed E-state index contributed by atoms with van der Waals surface area (Å²) in [6.45, 7) is 6.75. The van der Waals surface area contributed by atoms with Crippen LogP contribution in [0.3, 0.4) is 0 Å². The van der Waals surface area contributed by atoms with Gasteiger partial charge in [-0.3, -0.25) is 71.9 Å². The summed E-state index contributed by atoms with van der Waals surface area (Å²) in [4.78, 5) is 184. The average Bonchev–Trinajstić information content (AvgIpc) is 0.866. The molecule has 0 aliphatic carbocycles. The van der Waals surface area contributed by atoms with Gasteiger partial charge in [0.15, 0.2) is 23.1 Å². The third-order valence-corrected chi connectivity index (χ3v) is 19.3. The number of unbranched alkanes of at least 4 members (excludes halogenated alkanes) is 20. The number of hydrogen-bond acceptors (Lipinski definition) is 24. The number of nitrogens with two attached hydrogens (primary N) is 1. The van der Waals surface area contributed by atoms with Crippen molar-refractivity contribution in [1.29, 1.82) is 0 Å². The minimum Gasteiger partial charge on any atom is -0.481 e. The van der Waals surface area contributed by atoms with E-state index in [1.807, 2.05) is 0 Å². The molecule has 0 heterocycles. The minimum absolute atomic E-state index is 0. The average molecular weight is 1680 g/mol. The maximum atomic E-state index is 13.7. The number of Topliss-reactive ketones (excluding diaryl/α,β-unsaturated/α-hetero) is 6. The van der Waals surface area contributed by atoms with Crippen LogP contribution in [-0.4, -0.2) is 252 Å². The van der Waals surface area contributed by atoms with Gasteiger partial charge in [-0.15, -0.1) is 0 Å². The number of carboxylic acids is 4. The van der Waals surface area contributed by atoms with E-state index in [0.717, 1.165) is 122 Å². The van der Waals surface area contributed by atoms with Crippen LogP contribution in [0.15, 0.2) is 0 Å². The van der Waals surface area contributed by atoms with Crippen LogP contribution >= 0.6 is 0 Å². The number of carboxylic acid groups (broad SMARTS) is 4. The highest BCUT2D eigenvalue weighted by Gasteiger charge is 2.32. The molecule has 0 aromatic heterocycles. The van der Waals surface area contributed by atoms with Gasteiger partial charge in [0.1, 0.15) is 38.0 Å². The molecule has 0 fully saturated rings. The molecule has 0 radical (unpaired) electrons.